The van der Waals surface area contributed by atoms with Crippen LogP contribution in [0.4, 0.5) is 0 Å². The van der Waals surface area contributed by atoms with Crippen LogP contribution in [0.5, 0.6) is 5.75 Å². The van der Waals surface area contributed by atoms with Gasteiger partial charge in [0.2, 0.25) is 5.91 Å². The number of aryl methyl sites for hydroxylation is 2. The van der Waals surface area contributed by atoms with Crippen LogP contribution in [0.1, 0.15) is 29.0 Å². The Hall–Kier alpha value is -3.29. The molecule has 3 heterocycles. The Morgan fingerprint density at radius 1 is 1.24 bits per heavy atom. The van der Waals surface area contributed by atoms with Gasteiger partial charge in [-0.1, -0.05) is 6.07 Å². The minimum Gasteiger partial charge on any atom is -0.490 e. The van der Waals surface area contributed by atoms with Crippen LogP contribution < -0.4 is 10.5 Å². The average molecular weight is 395 g/mol. The number of primary amides is 1. The standard InChI is InChI=1S/C21H25N5O3/c1-14-12-18(24(2)23-14)21(28)25-9-6-15(7-10-25)29-19-5-3-4-17-16(19)8-11-26(17)13-20(22)27/h3-5,8,11-12,15H,6-7,9-10,13H2,1-2H3,(H2,22,27). The Morgan fingerprint density at radius 3 is 2.66 bits per heavy atom. The number of piperidine rings is 1. The van der Waals surface area contributed by atoms with Gasteiger partial charge in [-0.3, -0.25) is 14.3 Å². The van der Waals surface area contributed by atoms with Crippen molar-refractivity contribution in [1.82, 2.24) is 19.2 Å². The number of rotatable bonds is 5. The zero-order chi connectivity index (χ0) is 20.5. The van der Waals surface area contributed by atoms with E-state index in [0.717, 1.165) is 35.2 Å². The predicted octanol–water partition coefficient (Wildman–Crippen LogP) is 1.85. The van der Waals surface area contributed by atoms with Crippen LogP contribution in [0.15, 0.2) is 36.5 Å². The van der Waals surface area contributed by atoms with Crippen LogP contribution in [-0.2, 0) is 18.4 Å². The summed E-state index contributed by atoms with van der Waals surface area (Å²) in [6.07, 6.45) is 3.42. The molecule has 2 aromatic heterocycles. The summed E-state index contributed by atoms with van der Waals surface area (Å²) in [5, 5.41) is 5.22. The molecule has 29 heavy (non-hydrogen) atoms. The van der Waals surface area contributed by atoms with Gasteiger partial charge in [-0.15, -0.1) is 0 Å². The number of likely N-dealkylation sites (tertiary alicyclic amines) is 1. The number of ether oxygens (including phenoxy) is 1. The largest absolute Gasteiger partial charge is 0.490 e. The number of amides is 2. The third-order valence-corrected chi connectivity index (χ3v) is 5.34. The Balaban J connectivity index is 1.42. The van der Waals surface area contributed by atoms with Crippen LogP contribution in [0, 0.1) is 6.92 Å². The van der Waals surface area contributed by atoms with E-state index in [0.29, 0.717) is 18.8 Å². The van der Waals surface area contributed by atoms with E-state index < -0.39 is 0 Å². The second-order valence-electron chi connectivity index (χ2n) is 7.50. The molecule has 0 radical (unpaired) electrons. The van der Waals surface area contributed by atoms with E-state index in [2.05, 4.69) is 5.10 Å². The van der Waals surface area contributed by atoms with Gasteiger partial charge in [0, 0.05) is 44.6 Å². The summed E-state index contributed by atoms with van der Waals surface area (Å²) in [7, 11) is 1.79. The zero-order valence-electron chi connectivity index (χ0n) is 16.7. The normalized spacial score (nSPS) is 15.0. The van der Waals surface area contributed by atoms with Crippen molar-refractivity contribution in [3.63, 3.8) is 0 Å². The maximum atomic E-state index is 12.7. The van der Waals surface area contributed by atoms with Gasteiger partial charge in [-0.25, -0.2) is 0 Å². The third kappa shape index (κ3) is 3.83. The summed E-state index contributed by atoms with van der Waals surface area (Å²) < 4.78 is 9.72. The molecular formula is C21H25N5O3. The maximum absolute atomic E-state index is 12.7. The van der Waals surface area contributed by atoms with Crippen molar-refractivity contribution in [1.29, 1.82) is 0 Å². The van der Waals surface area contributed by atoms with Gasteiger partial charge in [0.1, 0.15) is 24.1 Å². The number of fused-ring (bicyclic) bond motifs is 1. The smallest absolute Gasteiger partial charge is 0.272 e. The quantitative estimate of drug-likeness (QED) is 0.713. The van der Waals surface area contributed by atoms with Gasteiger partial charge in [0.25, 0.3) is 5.91 Å². The lowest BCUT2D eigenvalue weighted by Crippen LogP contribution is -2.42. The highest BCUT2D eigenvalue weighted by Crippen LogP contribution is 2.29. The average Bonchev–Trinajstić information content (AvgIpc) is 3.24. The van der Waals surface area contributed by atoms with Gasteiger partial charge >= 0.3 is 0 Å². The Bertz CT molecular complexity index is 1060. The van der Waals surface area contributed by atoms with Gasteiger partial charge in [0.05, 0.1) is 11.2 Å². The highest BCUT2D eigenvalue weighted by molar-refractivity contribution is 5.92. The highest BCUT2D eigenvalue weighted by atomic mass is 16.5. The summed E-state index contributed by atoms with van der Waals surface area (Å²) in [5.74, 6) is 0.421. The van der Waals surface area contributed by atoms with E-state index in [-0.39, 0.29) is 24.5 Å². The Morgan fingerprint density at radius 2 is 2.00 bits per heavy atom. The summed E-state index contributed by atoms with van der Waals surface area (Å²) in [4.78, 5) is 25.9. The molecule has 8 nitrogen and oxygen atoms in total. The fourth-order valence-electron chi connectivity index (χ4n) is 3.93. The van der Waals surface area contributed by atoms with Crippen molar-refractivity contribution >= 4 is 22.7 Å². The lowest BCUT2D eigenvalue weighted by Gasteiger charge is -2.32. The minimum atomic E-state index is -0.380. The second-order valence-corrected chi connectivity index (χ2v) is 7.50. The number of carbonyl (C=O) groups excluding carboxylic acids is 2. The van der Waals surface area contributed by atoms with Crippen molar-refractivity contribution in [2.24, 2.45) is 12.8 Å². The summed E-state index contributed by atoms with van der Waals surface area (Å²) in [6.45, 7) is 3.31. The molecule has 1 aliphatic heterocycles. The van der Waals surface area contributed by atoms with Crippen molar-refractivity contribution in [3.05, 3.63) is 47.9 Å². The van der Waals surface area contributed by atoms with Crippen LogP contribution in [0.3, 0.4) is 0 Å². The topological polar surface area (TPSA) is 95.4 Å². The lowest BCUT2D eigenvalue weighted by molar-refractivity contribution is -0.118. The monoisotopic (exact) mass is 395 g/mol. The van der Waals surface area contributed by atoms with Crippen LogP contribution in [0.2, 0.25) is 0 Å². The van der Waals surface area contributed by atoms with Gasteiger partial charge in [-0.05, 0) is 31.2 Å². The fraction of sp³-hybridized carbons (Fsp3) is 0.381. The van der Waals surface area contributed by atoms with Crippen LogP contribution >= 0.6 is 0 Å². The zero-order valence-corrected chi connectivity index (χ0v) is 16.7. The summed E-state index contributed by atoms with van der Waals surface area (Å²) in [5.41, 5.74) is 7.69. The maximum Gasteiger partial charge on any atom is 0.272 e. The molecule has 0 unspecified atom stereocenters. The molecule has 2 amide bonds. The third-order valence-electron chi connectivity index (χ3n) is 5.34. The Labute approximate surface area is 168 Å². The molecule has 2 N–H and O–H groups in total. The van der Waals surface area contributed by atoms with Crippen molar-refractivity contribution in [2.45, 2.75) is 32.4 Å². The highest BCUT2D eigenvalue weighted by Gasteiger charge is 2.27. The van der Waals surface area contributed by atoms with Crippen molar-refractivity contribution in [2.75, 3.05) is 13.1 Å². The first-order valence-corrected chi connectivity index (χ1v) is 9.75. The molecule has 152 valence electrons. The molecule has 3 aromatic rings. The first-order valence-electron chi connectivity index (χ1n) is 9.75. The summed E-state index contributed by atoms with van der Waals surface area (Å²) in [6, 6.07) is 9.56. The molecule has 1 aromatic carbocycles. The molecule has 1 fully saturated rings. The number of nitrogens with two attached hydrogens (primary N) is 1. The van der Waals surface area contributed by atoms with E-state index in [1.807, 2.05) is 52.9 Å². The van der Waals surface area contributed by atoms with Gasteiger partial charge < -0.3 is 19.9 Å². The Kier molecular flexibility index (Phi) is 5.00. The molecule has 4 rings (SSSR count). The van der Waals surface area contributed by atoms with E-state index in [9.17, 15) is 9.59 Å². The molecular weight excluding hydrogens is 370 g/mol. The number of nitrogens with zero attached hydrogens (tertiary/aromatic N) is 4. The number of hydrogen-bond acceptors (Lipinski definition) is 4. The first kappa shape index (κ1) is 19.0. The van der Waals surface area contributed by atoms with Crippen LogP contribution in [-0.4, -0.2) is 50.3 Å². The van der Waals surface area contributed by atoms with Gasteiger partial charge in [-0.2, -0.15) is 5.10 Å². The number of hydrogen-bond donors (Lipinski definition) is 1. The van der Waals surface area contributed by atoms with E-state index in [4.69, 9.17) is 10.5 Å². The van der Waals surface area contributed by atoms with E-state index >= 15 is 0 Å². The number of benzene rings is 1. The number of carbonyl (C=O) groups is 2. The molecule has 1 aliphatic rings. The van der Waals surface area contributed by atoms with Crippen molar-refractivity contribution < 1.29 is 14.3 Å². The first-order chi connectivity index (χ1) is 13.9. The molecule has 0 atom stereocenters. The second kappa shape index (κ2) is 7.62. The van der Waals surface area contributed by atoms with E-state index in [1.54, 1.807) is 11.7 Å². The number of aromatic nitrogens is 3. The lowest BCUT2D eigenvalue weighted by atomic mass is 10.1. The SMILES string of the molecule is Cc1cc(C(=O)N2CCC(Oc3cccc4c3ccn4CC(N)=O)CC2)n(C)n1. The molecule has 8 heteroatoms. The molecule has 0 saturated carbocycles. The van der Waals surface area contributed by atoms with E-state index in [1.165, 1.54) is 0 Å². The molecule has 0 spiro atoms. The summed E-state index contributed by atoms with van der Waals surface area (Å²) >= 11 is 0. The minimum absolute atomic E-state index is 0.0113. The fourth-order valence-corrected chi connectivity index (χ4v) is 3.93. The van der Waals surface area contributed by atoms with Crippen LogP contribution in [0.25, 0.3) is 10.9 Å². The predicted molar refractivity (Wildman–Crippen MR) is 109 cm³/mol. The van der Waals surface area contributed by atoms with Gasteiger partial charge in [0.15, 0.2) is 0 Å². The molecule has 0 aliphatic carbocycles. The molecule has 0 bridgehead atoms. The molecule has 1 saturated heterocycles. The van der Waals surface area contributed by atoms with Crippen molar-refractivity contribution in [3.8, 4) is 5.75 Å².